The number of rotatable bonds is 5. The minimum Gasteiger partial charge on any atom is -0.319 e. The third-order valence-electron chi connectivity index (χ3n) is 7.31. The Labute approximate surface area is 189 Å². The Morgan fingerprint density at radius 3 is 1.97 bits per heavy atom. The van der Waals surface area contributed by atoms with Crippen LogP contribution in [0.4, 0.5) is 0 Å². The first kappa shape index (κ1) is 22.7. The standard InChI is InChI=1S/C26H38N2O2Si/c1-26(2,3)31(4,5)30-28-25(27-18-12-13-19-27)23(21-14-8-6-9-15-21)20-24(29-28)22-16-10-7-11-17-22/h6-11,14-17,23-25H,12-13,18-20H2,1-5H3/t23-,24+,25+/m1/s1. The molecule has 0 radical (unpaired) electrons. The van der Waals surface area contributed by atoms with Crippen LogP contribution in [0, 0.1) is 0 Å². The Hall–Kier alpha value is -1.50. The lowest BCUT2D eigenvalue weighted by Gasteiger charge is -2.50. The molecule has 5 heteroatoms. The second kappa shape index (κ2) is 9.16. The van der Waals surface area contributed by atoms with E-state index in [0.29, 0.717) is 5.92 Å². The highest BCUT2D eigenvalue weighted by Crippen LogP contribution is 2.45. The predicted octanol–water partition coefficient (Wildman–Crippen LogP) is 6.51. The largest absolute Gasteiger partial charge is 0.319 e. The molecule has 4 rings (SSSR count). The van der Waals surface area contributed by atoms with Crippen molar-refractivity contribution in [3.8, 4) is 0 Å². The van der Waals surface area contributed by atoms with Crippen molar-refractivity contribution in [3.05, 3.63) is 71.8 Å². The molecule has 3 atom stereocenters. The van der Waals surface area contributed by atoms with Crippen molar-refractivity contribution < 1.29 is 9.36 Å². The van der Waals surface area contributed by atoms with E-state index in [4.69, 9.17) is 9.36 Å². The van der Waals surface area contributed by atoms with Crippen LogP contribution >= 0.6 is 0 Å². The van der Waals surface area contributed by atoms with E-state index in [1.165, 1.54) is 24.0 Å². The van der Waals surface area contributed by atoms with E-state index in [1.54, 1.807) is 0 Å². The molecular weight excluding hydrogens is 400 g/mol. The third-order valence-corrected chi connectivity index (χ3v) is 11.6. The van der Waals surface area contributed by atoms with Gasteiger partial charge in [0.1, 0.15) is 12.3 Å². The van der Waals surface area contributed by atoms with Crippen LogP contribution in [-0.4, -0.2) is 37.7 Å². The molecule has 2 aromatic carbocycles. The predicted molar refractivity (Wildman–Crippen MR) is 129 cm³/mol. The minimum atomic E-state index is -2.07. The van der Waals surface area contributed by atoms with Gasteiger partial charge in [-0.3, -0.25) is 9.74 Å². The summed E-state index contributed by atoms with van der Waals surface area (Å²) >= 11 is 0. The maximum atomic E-state index is 6.88. The van der Waals surface area contributed by atoms with Gasteiger partial charge in [0.2, 0.25) is 8.32 Å². The van der Waals surface area contributed by atoms with Crippen LogP contribution in [0.15, 0.2) is 60.7 Å². The van der Waals surface area contributed by atoms with Gasteiger partial charge in [0, 0.05) is 5.92 Å². The molecule has 31 heavy (non-hydrogen) atoms. The van der Waals surface area contributed by atoms with Gasteiger partial charge in [-0.15, -0.1) is 0 Å². The van der Waals surface area contributed by atoms with Crippen molar-refractivity contribution in [3.63, 3.8) is 0 Å². The molecule has 4 nitrogen and oxygen atoms in total. The zero-order chi connectivity index (χ0) is 22.1. The van der Waals surface area contributed by atoms with E-state index in [1.807, 2.05) is 5.23 Å². The second-order valence-electron chi connectivity index (χ2n) is 10.6. The van der Waals surface area contributed by atoms with Crippen molar-refractivity contribution in [2.75, 3.05) is 13.1 Å². The average Bonchev–Trinajstić information content (AvgIpc) is 3.28. The van der Waals surface area contributed by atoms with E-state index in [0.717, 1.165) is 19.5 Å². The smallest absolute Gasteiger partial charge is 0.223 e. The Morgan fingerprint density at radius 1 is 0.871 bits per heavy atom. The van der Waals surface area contributed by atoms with Gasteiger partial charge in [0.25, 0.3) is 0 Å². The van der Waals surface area contributed by atoms with Crippen LogP contribution in [0.2, 0.25) is 18.1 Å². The molecule has 2 fully saturated rings. The van der Waals surface area contributed by atoms with Gasteiger partial charge in [0.05, 0.1) is 0 Å². The molecule has 168 valence electrons. The van der Waals surface area contributed by atoms with Gasteiger partial charge < -0.3 is 4.53 Å². The third kappa shape index (κ3) is 4.96. The summed E-state index contributed by atoms with van der Waals surface area (Å²) < 4.78 is 6.88. The maximum Gasteiger partial charge on any atom is 0.223 e. The monoisotopic (exact) mass is 438 g/mol. The Morgan fingerprint density at radius 2 is 1.42 bits per heavy atom. The first-order chi connectivity index (χ1) is 14.8. The van der Waals surface area contributed by atoms with Crippen LogP contribution in [-0.2, 0) is 9.36 Å². The van der Waals surface area contributed by atoms with Crippen molar-refractivity contribution in [1.82, 2.24) is 10.1 Å². The van der Waals surface area contributed by atoms with Crippen LogP contribution < -0.4 is 0 Å². The zero-order valence-electron chi connectivity index (χ0n) is 19.8. The molecule has 0 aromatic heterocycles. The van der Waals surface area contributed by atoms with Crippen LogP contribution in [0.25, 0.3) is 0 Å². The molecule has 2 heterocycles. The molecule has 2 aliphatic heterocycles. The lowest BCUT2D eigenvalue weighted by molar-refractivity contribution is -0.410. The van der Waals surface area contributed by atoms with Gasteiger partial charge >= 0.3 is 0 Å². The van der Waals surface area contributed by atoms with Crippen LogP contribution in [0.5, 0.6) is 0 Å². The second-order valence-corrected chi connectivity index (χ2v) is 15.3. The lowest BCUT2D eigenvalue weighted by atomic mass is 9.86. The SMILES string of the molecule is CC(C)(C)[Si](C)(C)ON1O[C@H](c2ccccc2)C[C@H](c2ccccc2)[C@H]1N1CCCC1. The van der Waals surface area contributed by atoms with Crippen LogP contribution in [0.1, 0.15) is 63.2 Å². The molecular formula is C26H38N2O2Si. The number of nitrogens with zero attached hydrogens (tertiary/aromatic N) is 2. The first-order valence-corrected chi connectivity index (χ1v) is 14.7. The summed E-state index contributed by atoms with van der Waals surface area (Å²) in [5.74, 6) is 0.322. The molecule has 0 N–H and O–H groups in total. The van der Waals surface area contributed by atoms with E-state index < -0.39 is 8.32 Å². The van der Waals surface area contributed by atoms with E-state index >= 15 is 0 Å². The number of hydrogen-bond acceptors (Lipinski definition) is 4. The van der Waals surface area contributed by atoms with E-state index in [2.05, 4.69) is 99.4 Å². The van der Waals surface area contributed by atoms with Crippen molar-refractivity contribution in [1.29, 1.82) is 0 Å². The summed E-state index contributed by atoms with van der Waals surface area (Å²) in [6.07, 6.45) is 3.52. The number of hydrogen-bond donors (Lipinski definition) is 0. The number of benzene rings is 2. The molecule has 0 saturated carbocycles. The summed E-state index contributed by atoms with van der Waals surface area (Å²) in [4.78, 5) is 9.26. The van der Waals surface area contributed by atoms with Gasteiger partial charge in [-0.1, -0.05) is 86.7 Å². The Balaban J connectivity index is 1.73. The normalized spacial score (nSPS) is 26.3. The highest BCUT2D eigenvalue weighted by molar-refractivity contribution is 6.74. The minimum absolute atomic E-state index is 0.0185. The molecule has 0 bridgehead atoms. The highest BCUT2D eigenvalue weighted by atomic mass is 28.4. The Kier molecular flexibility index (Phi) is 6.70. The summed E-state index contributed by atoms with van der Waals surface area (Å²) in [5, 5.41) is 2.04. The quantitative estimate of drug-likeness (QED) is 0.497. The fourth-order valence-corrected chi connectivity index (χ4v) is 5.31. The molecule has 0 amide bonds. The topological polar surface area (TPSA) is 24.9 Å². The summed E-state index contributed by atoms with van der Waals surface area (Å²) in [7, 11) is -2.07. The van der Waals surface area contributed by atoms with Gasteiger partial charge in [-0.05, 0) is 61.6 Å². The summed E-state index contributed by atoms with van der Waals surface area (Å²) in [5.41, 5.74) is 2.58. The molecule has 0 aliphatic carbocycles. The average molecular weight is 439 g/mol. The van der Waals surface area contributed by atoms with Gasteiger partial charge in [-0.2, -0.15) is 0 Å². The molecule has 0 spiro atoms. The van der Waals surface area contributed by atoms with Crippen molar-refractivity contribution >= 4 is 8.32 Å². The molecule has 2 aromatic rings. The van der Waals surface area contributed by atoms with Crippen molar-refractivity contribution in [2.45, 2.75) is 76.4 Å². The van der Waals surface area contributed by atoms with E-state index in [-0.39, 0.29) is 17.3 Å². The maximum absolute atomic E-state index is 6.88. The van der Waals surface area contributed by atoms with Gasteiger partial charge in [0.15, 0.2) is 0 Å². The molecule has 2 saturated heterocycles. The molecule has 2 aliphatic rings. The summed E-state index contributed by atoms with van der Waals surface area (Å²) in [6, 6.07) is 21.6. The zero-order valence-corrected chi connectivity index (χ0v) is 20.8. The number of likely N-dealkylation sites (tertiary alicyclic amines) is 1. The fraction of sp³-hybridized carbons (Fsp3) is 0.538. The number of hydroxylamine groups is 2. The first-order valence-electron chi connectivity index (χ1n) is 11.8. The van der Waals surface area contributed by atoms with Crippen molar-refractivity contribution in [2.24, 2.45) is 0 Å². The highest BCUT2D eigenvalue weighted by Gasteiger charge is 2.48. The van der Waals surface area contributed by atoms with Crippen LogP contribution in [0.3, 0.4) is 0 Å². The van der Waals surface area contributed by atoms with E-state index in [9.17, 15) is 0 Å². The Bertz CT molecular complexity index is 831. The molecule has 0 unspecified atom stereocenters. The lowest BCUT2D eigenvalue weighted by Crippen LogP contribution is -2.58. The summed E-state index contributed by atoms with van der Waals surface area (Å²) in [6.45, 7) is 13.7. The van der Waals surface area contributed by atoms with Gasteiger partial charge in [-0.25, -0.2) is 0 Å². The fourth-order valence-electron chi connectivity index (χ4n) is 4.43.